The summed E-state index contributed by atoms with van der Waals surface area (Å²) in [6.45, 7) is 4.02. The molecule has 0 atom stereocenters. The molecule has 1 aromatic heterocycles. The van der Waals surface area contributed by atoms with E-state index in [1.165, 1.54) is 11.6 Å². The number of hydrogen-bond donors (Lipinski definition) is 0. The molecule has 0 unspecified atom stereocenters. The third kappa shape index (κ3) is 4.00. The number of benzene rings is 2. The molecule has 2 aromatic carbocycles. The number of aryl methyl sites for hydroxylation is 2. The Balaban J connectivity index is 1.73. The molecule has 0 N–H and O–H groups in total. The zero-order valence-electron chi connectivity index (χ0n) is 13.7. The van der Waals surface area contributed by atoms with Crippen LogP contribution in [0, 0.1) is 13.8 Å². The van der Waals surface area contributed by atoms with Gasteiger partial charge < -0.3 is 4.74 Å². The van der Waals surface area contributed by atoms with Crippen molar-refractivity contribution >= 4 is 23.4 Å². The summed E-state index contributed by atoms with van der Waals surface area (Å²) in [5.74, 6) is 0.223. The van der Waals surface area contributed by atoms with Crippen molar-refractivity contribution in [3.63, 3.8) is 0 Å². The first-order chi connectivity index (χ1) is 11.6. The lowest BCUT2D eigenvalue weighted by Crippen LogP contribution is -2.04. The Hall–Kier alpha value is -2.65. The van der Waals surface area contributed by atoms with Crippen LogP contribution in [-0.4, -0.2) is 5.97 Å². The highest BCUT2D eigenvalue weighted by Gasteiger charge is 2.06. The number of hydrogen-bond acceptors (Lipinski definition) is 3. The monoisotopic (exact) mass is 334 g/mol. The molecule has 3 aromatic rings. The summed E-state index contributed by atoms with van der Waals surface area (Å²) >= 11 is 1.58. The van der Waals surface area contributed by atoms with Gasteiger partial charge in [0.1, 0.15) is 5.75 Å². The van der Waals surface area contributed by atoms with Crippen molar-refractivity contribution in [2.75, 3.05) is 0 Å². The van der Waals surface area contributed by atoms with Gasteiger partial charge in [0, 0.05) is 11.0 Å². The minimum absolute atomic E-state index is 0.366. The van der Waals surface area contributed by atoms with Crippen molar-refractivity contribution in [1.82, 2.24) is 0 Å². The number of esters is 1. The van der Waals surface area contributed by atoms with Gasteiger partial charge in [-0.2, -0.15) is 0 Å². The van der Waals surface area contributed by atoms with Gasteiger partial charge in [0.15, 0.2) is 0 Å². The fraction of sp³-hybridized carbons (Fsp3) is 0.0952. The normalized spacial score (nSPS) is 10.9. The second kappa shape index (κ2) is 7.28. The predicted molar refractivity (Wildman–Crippen MR) is 100 cm³/mol. The zero-order chi connectivity index (χ0) is 16.9. The molecular weight excluding hydrogens is 316 g/mol. The van der Waals surface area contributed by atoms with Gasteiger partial charge in [-0.25, -0.2) is 4.79 Å². The summed E-state index contributed by atoms with van der Waals surface area (Å²) in [4.78, 5) is 13.0. The van der Waals surface area contributed by atoms with Crippen LogP contribution in [0.1, 0.15) is 16.0 Å². The molecule has 0 spiro atoms. The molecular formula is C21H18O2S. The smallest absolute Gasteiger partial charge is 0.336 e. The number of thiophene rings is 1. The van der Waals surface area contributed by atoms with E-state index in [1.54, 1.807) is 17.4 Å². The number of carbonyl (C=O) groups is 1. The summed E-state index contributed by atoms with van der Waals surface area (Å²) in [7, 11) is 0. The fourth-order valence-electron chi connectivity index (χ4n) is 2.37. The molecule has 0 aliphatic carbocycles. The summed E-state index contributed by atoms with van der Waals surface area (Å²) in [5.41, 5.74) is 4.44. The lowest BCUT2D eigenvalue weighted by atomic mass is 10.0. The largest absolute Gasteiger partial charge is 0.423 e. The highest BCUT2D eigenvalue weighted by Crippen LogP contribution is 2.26. The molecule has 0 aliphatic heterocycles. The van der Waals surface area contributed by atoms with E-state index >= 15 is 0 Å². The van der Waals surface area contributed by atoms with E-state index in [1.807, 2.05) is 42.6 Å². The van der Waals surface area contributed by atoms with E-state index in [-0.39, 0.29) is 5.97 Å². The maximum atomic E-state index is 11.9. The number of rotatable bonds is 4. The molecule has 24 heavy (non-hydrogen) atoms. The number of carbonyl (C=O) groups excluding carboxylic acids is 1. The Bertz CT molecular complexity index is 859. The first kappa shape index (κ1) is 16.2. The molecule has 1 heterocycles. The molecule has 3 heteroatoms. The molecule has 0 radical (unpaired) electrons. The Morgan fingerprint density at radius 1 is 1.00 bits per heavy atom. The van der Waals surface area contributed by atoms with Crippen LogP contribution in [0.15, 0.2) is 66.1 Å². The van der Waals surface area contributed by atoms with Gasteiger partial charge in [-0.3, -0.25) is 0 Å². The summed E-state index contributed by atoms with van der Waals surface area (Å²) in [6, 6.07) is 18.1. The van der Waals surface area contributed by atoms with Crippen molar-refractivity contribution in [3.05, 3.63) is 82.1 Å². The minimum Gasteiger partial charge on any atom is -0.423 e. The third-order valence-corrected chi connectivity index (χ3v) is 4.53. The molecule has 0 saturated heterocycles. The topological polar surface area (TPSA) is 26.3 Å². The highest BCUT2D eigenvalue weighted by molar-refractivity contribution is 7.10. The molecule has 3 rings (SSSR count). The van der Waals surface area contributed by atoms with Crippen LogP contribution in [-0.2, 0) is 4.79 Å². The van der Waals surface area contributed by atoms with Crippen LogP contribution in [0.2, 0.25) is 0 Å². The quantitative estimate of drug-likeness (QED) is 0.350. The van der Waals surface area contributed by atoms with Crippen molar-refractivity contribution in [3.8, 4) is 16.9 Å². The van der Waals surface area contributed by atoms with E-state index in [0.717, 1.165) is 21.6 Å². The van der Waals surface area contributed by atoms with Gasteiger partial charge >= 0.3 is 5.97 Å². The van der Waals surface area contributed by atoms with Crippen LogP contribution >= 0.6 is 11.3 Å². The van der Waals surface area contributed by atoms with Crippen LogP contribution < -0.4 is 4.74 Å². The zero-order valence-corrected chi connectivity index (χ0v) is 14.5. The Morgan fingerprint density at radius 3 is 2.42 bits per heavy atom. The van der Waals surface area contributed by atoms with Crippen molar-refractivity contribution in [2.45, 2.75) is 13.8 Å². The van der Waals surface area contributed by atoms with E-state index in [9.17, 15) is 4.79 Å². The van der Waals surface area contributed by atoms with E-state index in [0.29, 0.717) is 5.75 Å². The van der Waals surface area contributed by atoms with Gasteiger partial charge in [-0.15, -0.1) is 11.3 Å². The van der Waals surface area contributed by atoms with E-state index < -0.39 is 0 Å². The van der Waals surface area contributed by atoms with Gasteiger partial charge in [0.05, 0.1) is 0 Å². The van der Waals surface area contributed by atoms with E-state index in [2.05, 4.69) is 31.2 Å². The van der Waals surface area contributed by atoms with Gasteiger partial charge in [0.2, 0.25) is 0 Å². The van der Waals surface area contributed by atoms with Gasteiger partial charge in [-0.05, 0) is 60.2 Å². The van der Waals surface area contributed by atoms with Crippen LogP contribution in [0.5, 0.6) is 5.75 Å². The molecule has 120 valence electrons. The summed E-state index contributed by atoms with van der Waals surface area (Å²) in [5, 5.41) is 1.97. The Morgan fingerprint density at radius 2 is 1.75 bits per heavy atom. The van der Waals surface area contributed by atoms with Crippen molar-refractivity contribution < 1.29 is 9.53 Å². The minimum atomic E-state index is -0.366. The average Bonchev–Trinajstić information content (AvgIpc) is 3.09. The van der Waals surface area contributed by atoms with Gasteiger partial charge in [0.25, 0.3) is 0 Å². The number of ether oxygens (including phenoxy) is 1. The molecule has 0 fully saturated rings. The van der Waals surface area contributed by atoms with E-state index in [4.69, 9.17) is 4.74 Å². The first-order valence-electron chi connectivity index (χ1n) is 7.73. The van der Waals surface area contributed by atoms with Gasteiger partial charge in [-0.1, -0.05) is 42.0 Å². The third-order valence-electron chi connectivity index (χ3n) is 3.70. The lowest BCUT2D eigenvalue weighted by molar-refractivity contribution is -0.128. The molecule has 0 saturated carbocycles. The average molecular weight is 334 g/mol. The predicted octanol–water partition coefficient (Wildman–Crippen LogP) is 5.65. The van der Waals surface area contributed by atoms with Crippen molar-refractivity contribution in [2.24, 2.45) is 0 Å². The highest BCUT2D eigenvalue weighted by atomic mass is 32.1. The SMILES string of the molecule is Cc1ccc(-c2ccc(OC(=O)C=Cc3cccs3)c(C)c2)cc1. The first-order valence-corrected chi connectivity index (χ1v) is 8.61. The molecule has 0 bridgehead atoms. The maximum absolute atomic E-state index is 11.9. The Kier molecular flexibility index (Phi) is 4.92. The fourth-order valence-corrected chi connectivity index (χ4v) is 2.99. The van der Waals surface area contributed by atoms with Crippen LogP contribution in [0.4, 0.5) is 0 Å². The van der Waals surface area contributed by atoms with Crippen LogP contribution in [0.25, 0.3) is 17.2 Å². The van der Waals surface area contributed by atoms with Crippen LogP contribution in [0.3, 0.4) is 0 Å². The maximum Gasteiger partial charge on any atom is 0.336 e. The lowest BCUT2D eigenvalue weighted by Gasteiger charge is -2.08. The Labute approximate surface area is 146 Å². The second-order valence-corrected chi connectivity index (χ2v) is 6.60. The van der Waals surface area contributed by atoms with Crippen molar-refractivity contribution in [1.29, 1.82) is 0 Å². The molecule has 2 nitrogen and oxygen atoms in total. The standard InChI is InChI=1S/C21H18O2S/c1-15-5-7-17(8-6-15)18-9-11-20(16(2)14-18)23-21(22)12-10-19-4-3-13-24-19/h3-14H,1-2H3. The summed E-state index contributed by atoms with van der Waals surface area (Å²) in [6.07, 6.45) is 3.22. The summed E-state index contributed by atoms with van der Waals surface area (Å²) < 4.78 is 5.43. The molecule has 0 aliphatic rings. The molecule has 0 amide bonds. The second-order valence-electron chi connectivity index (χ2n) is 5.62.